The summed E-state index contributed by atoms with van der Waals surface area (Å²) in [7, 11) is 0. The quantitative estimate of drug-likeness (QED) is 0.570. The minimum atomic E-state index is -0.795. The highest BCUT2D eigenvalue weighted by Crippen LogP contribution is 2.31. The highest BCUT2D eigenvalue weighted by Gasteiger charge is 2.15. The van der Waals surface area contributed by atoms with Crippen molar-refractivity contribution in [2.75, 3.05) is 0 Å². The van der Waals surface area contributed by atoms with Gasteiger partial charge in [0.2, 0.25) is 0 Å². The van der Waals surface area contributed by atoms with E-state index in [1.54, 1.807) is 0 Å². The van der Waals surface area contributed by atoms with Crippen LogP contribution in [0.3, 0.4) is 0 Å². The summed E-state index contributed by atoms with van der Waals surface area (Å²) in [6.07, 6.45) is 0. The number of hydrogen-bond acceptors (Lipinski definition) is 2. The number of benzene rings is 1. The molecule has 13 heavy (non-hydrogen) atoms. The minimum Gasteiger partial charge on any atom is -0.258 e. The second-order valence-electron chi connectivity index (χ2n) is 2.29. The fraction of sp³-hybridized carbons (Fsp3) is 0.143. The van der Waals surface area contributed by atoms with Crippen LogP contribution >= 0.6 is 23.2 Å². The molecule has 70 valence electrons. The van der Waals surface area contributed by atoms with Crippen molar-refractivity contribution >= 4 is 28.9 Å². The Kier molecular flexibility index (Phi) is 3.06. The maximum absolute atomic E-state index is 12.2. The van der Waals surface area contributed by atoms with Crippen LogP contribution in [0.4, 0.5) is 10.1 Å². The summed E-state index contributed by atoms with van der Waals surface area (Å²) in [6, 6.07) is 2.20. The lowest BCUT2D eigenvalue weighted by atomic mass is 10.2. The number of alkyl halides is 1. The van der Waals surface area contributed by atoms with Gasteiger partial charge in [0.15, 0.2) is 0 Å². The third-order valence-electron chi connectivity index (χ3n) is 1.46. The van der Waals surface area contributed by atoms with Gasteiger partial charge < -0.3 is 0 Å². The average Bonchev–Trinajstić information content (AvgIpc) is 2.07. The third kappa shape index (κ3) is 2.08. The molecule has 1 rings (SSSR count). The molecule has 0 amide bonds. The molecule has 0 unspecified atom stereocenters. The lowest BCUT2D eigenvalue weighted by molar-refractivity contribution is -0.384. The predicted octanol–water partition coefficient (Wildman–Crippen LogP) is 3.37. The Hall–Kier alpha value is -0.870. The van der Waals surface area contributed by atoms with E-state index in [1.165, 1.54) is 0 Å². The van der Waals surface area contributed by atoms with Crippen LogP contribution in [-0.4, -0.2) is 4.92 Å². The molecule has 0 saturated carbocycles. The van der Waals surface area contributed by atoms with Crippen LogP contribution in [-0.2, 0) is 6.67 Å². The summed E-state index contributed by atoms with van der Waals surface area (Å²) in [5.41, 5.74) is -0.166. The molecule has 6 heteroatoms. The number of hydrogen-bond donors (Lipinski definition) is 0. The van der Waals surface area contributed by atoms with Crippen LogP contribution < -0.4 is 0 Å². The van der Waals surface area contributed by atoms with Gasteiger partial charge in [-0.2, -0.15) is 0 Å². The van der Waals surface area contributed by atoms with Crippen molar-refractivity contribution in [1.82, 2.24) is 0 Å². The molecule has 0 radical (unpaired) electrons. The Morgan fingerprint density at radius 2 is 2.00 bits per heavy atom. The SMILES string of the molecule is O=[N+]([O-])c1cc(Cl)c(CF)cc1Cl. The van der Waals surface area contributed by atoms with E-state index in [9.17, 15) is 14.5 Å². The number of halogens is 3. The summed E-state index contributed by atoms with van der Waals surface area (Å²) >= 11 is 11.1. The van der Waals surface area contributed by atoms with Gasteiger partial charge in [0.1, 0.15) is 11.7 Å². The number of nitro groups is 1. The largest absolute Gasteiger partial charge is 0.289 e. The fourth-order valence-electron chi connectivity index (χ4n) is 0.820. The molecule has 0 fully saturated rings. The van der Waals surface area contributed by atoms with Gasteiger partial charge in [-0.1, -0.05) is 23.2 Å². The smallest absolute Gasteiger partial charge is 0.258 e. The van der Waals surface area contributed by atoms with E-state index >= 15 is 0 Å². The van der Waals surface area contributed by atoms with Gasteiger partial charge in [-0.05, 0) is 6.07 Å². The lowest BCUT2D eigenvalue weighted by Gasteiger charge is -2.00. The third-order valence-corrected chi connectivity index (χ3v) is 2.11. The Balaban J connectivity index is 3.28. The van der Waals surface area contributed by atoms with Crippen molar-refractivity contribution in [2.45, 2.75) is 6.67 Å². The molecule has 0 aliphatic carbocycles. The highest BCUT2D eigenvalue weighted by atomic mass is 35.5. The van der Waals surface area contributed by atoms with Gasteiger partial charge in [-0.25, -0.2) is 4.39 Å². The molecule has 1 aromatic carbocycles. The van der Waals surface area contributed by atoms with Crippen LogP contribution in [0.25, 0.3) is 0 Å². The zero-order chi connectivity index (χ0) is 10.0. The van der Waals surface area contributed by atoms with Crippen molar-refractivity contribution in [3.05, 3.63) is 37.9 Å². The van der Waals surface area contributed by atoms with Crippen molar-refractivity contribution in [3.63, 3.8) is 0 Å². The lowest BCUT2D eigenvalue weighted by Crippen LogP contribution is -1.91. The molecule has 3 nitrogen and oxygen atoms in total. The normalized spacial score (nSPS) is 10.1. The van der Waals surface area contributed by atoms with Gasteiger partial charge in [-0.3, -0.25) is 10.1 Å². The van der Waals surface area contributed by atoms with Gasteiger partial charge in [-0.15, -0.1) is 0 Å². The Morgan fingerprint density at radius 1 is 1.38 bits per heavy atom. The van der Waals surface area contributed by atoms with E-state index in [2.05, 4.69) is 0 Å². The number of nitrogens with zero attached hydrogens (tertiary/aromatic N) is 1. The fourth-order valence-corrected chi connectivity index (χ4v) is 1.28. The summed E-state index contributed by atoms with van der Waals surface area (Å²) in [4.78, 5) is 9.67. The van der Waals surface area contributed by atoms with Gasteiger partial charge in [0, 0.05) is 11.6 Å². The van der Waals surface area contributed by atoms with Crippen LogP contribution in [0.15, 0.2) is 12.1 Å². The average molecular weight is 224 g/mol. The van der Waals surface area contributed by atoms with Crippen molar-refractivity contribution < 1.29 is 9.31 Å². The van der Waals surface area contributed by atoms with E-state index in [1.807, 2.05) is 0 Å². The van der Waals surface area contributed by atoms with Gasteiger partial charge in [0.05, 0.1) is 9.95 Å². The van der Waals surface area contributed by atoms with Crippen molar-refractivity contribution in [2.24, 2.45) is 0 Å². The first kappa shape index (κ1) is 10.2. The van der Waals surface area contributed by atoms with Gasteiger partial charge >= 0.3 is 0 Å². The molecule has 0 N–H and O–H groups in total. The van der Waals surface area contributed by atoms with Crippen molar-refractivity contribution in [1.29, 1.82) is 0 Å². The first-order valence-electron chi connectivity index (χ1n) is 3.24. The van der Waals surface area contributed by atoms with Crippen LogP contribution in [0.5, 0.6) is 0 Å². The minimum absolute atomic E-state index is 0.0126. The molecule has 1 aromatic rings. The second-order valence-corrected chi connectivity index (χ2v) is 3.10. The standard InChI is InChI=1S/C7H4Cl2FNO2/c8-5-2-7(11(12)13)6(9)1-4(5)3-10/h1-2H,3H2. The zero-order valence-electron chi connectivity index (χ0n) is 6.26. The Labute approximate surface area is 83.2 Å². The Bertz CT molecular complexity index is 357. The highest BCUT2D eigenvalue weighted by molar-refractivity contribution is 6.35. The van der Waals surface area contributed by atoms with E-state index < -0.39 is 11.6 Å². The summed E-state index contributed by atoms with van der Waals surface area (Å²) in [6.45, 7) is -0.795. The second kappa shape index (κ2) is 3.89. The summed E-state index contributed by atoms with van der Waals surface area (Å²) in [5.74, 6) is 0. The zero-order valence-corrected chi connectivity index (χ0v) is 7.77. The number of rotatable bonds is 2. The Morgan fingerprint density at radius 3 is 2.46 bits per heavy atom. The molecule has 0 bridgehead atoms. The molecular formula is C7H4Cl2FNO2. The van der Waals surface area contributed by atoms with Crippen LogP contribution in [0, 0.1) is 10.1 Å². The molecule has 0 aliphatic rings. The molecular weight excluding hydrogens is 220 g/mol. The maximum atomic E-state index is 12.2. The number of nitro benzene ring substituents is 1. The molecule has 0 spiro atoms. The van der Waals surface area contributed by atoms with Crippen molar-refractivity contribution in [3.8, 4) is 0 Å². The maximum Gasteiger partial charge on any atom is 0.289 e. The molecule has 0 saturated heterocycles. The molecule has 0 aromatic heterocycles. The summed E-state index contributed by atoms with van der Waals surface area (Å²) < 4.78 is 12.2. The van der Waals surface area contributed by atoms with Crippen LogP contribution in [0.2, 0.25) is 10.0 Å². The molecule has 0 heterocycles. The van der Waals surface area contributed by atoms with Crippen LogP contribution in [0.1, 0.15) is 5.56 Å². The van der Waals surface area contributed by atoms with E-state index in [0.717, 1.165) is 12.1 Å². The van der Waals surface area contributed by atoms with E-state index in [4.69, 9.17) is 23.2 Å². The summed E-state index contributed by atoms with van der Waals surface area (Å²) in [5, 5.41) is 10.2. The van der Waals surface area contributed by atoms with Gasteiger partial charge in [0.25, 0.3) is 5.69 Å². The topological polar surface area (TPSA) is 43.1 Å². The predicted molar refractivity (Wildman–Crippen MR) is 47.9 cm³/mol. The van der Waals surface area contributed by atoms with E-state index in [-0.39, 0.29) is 21.3 Å². The first-order chi connectivity index (χ1) is 6.06. The van der Waals surface area contributed by atoms with E-state index in [0.29, 0.717) is 0 Å². The monoisotopic (exact) mass is 223 g/mol. The first-order valence-corrected chi connectivity index (χ1v) is 4.00. The molecule has 0 aliphatic heterocycles. The molecule has 0 atom stereocenters.